The minimum absolute atomic E-state index is 0.299. The van der Waals surface area contributed by atoms with Crippen molar-refractivity contribution in [3.05, 3.63) is 0 Å². The Balaban J connectivity index is 1.87. The van der Waals surface area contributed by atoms with Crippen molar-refractivity contribution >= 4 is 5.97 Å². The molecular formula is C14H25NO2. The fraction of sp³-hybridized carbons (Fsp3) is 0.929. The number of carboxylic acid groups (broad SMARTS) is 1. The largest absolute Gasteiger partial charge is 0.481 e. The topological polar surface area (TPSA) is 40.5 Å². The number of nitrogens with zero attached hydrogens (tertiary/aromatic N) is 1. The normalized spacial score (nSPS) is 23.9. The number of carboxylic acids is 1. The molecule has 0 bridgehead atoms. The van der Waals surface area contributed by atoms with Crippen molar-refractivity contribution in [2.45, 2.75) is 70.4 Å². The van der Waals surface area contributed by atoms with Gasteiger partial charge < -0.3 is 5.11 Å². The van der Waals surface area contributed by atoms with Gasteiger partial charge in [0.15, 0.2) is 0 Å². The van der Waals surface area contributed by atoms with Crippen molar-refractivity contribution in [3.8, 4) is 0 Å². The maximum atomic E-state index is 10.7. The fourth-order valence-electron chi connectivity index (χ4n) is 3.24. The predicted molar refractivity (Wildman–Crippen MR) is 68.0 cm³/mol. The van der Waals surface area contributed by atoms with Crippen LogP contribution in [0.3, 0.4) is 0 Å². The van der Waals surface area contributed by atoms with Crippen LogP contribution >= 0.6 is 0 Å². The van der Waals surface area contributed by atoms with Gasteiger partial charge in [0, 0.05) is 18.6 Å². The summed E-state index contributed by atoms with van der Waals surface area (Å²) >= 11 is 0. The van der Waals surface area contributed by atoms with Gasteiger partial charge in [-0.05, 0) is 38.5 Å². The number of carbonyl (C=O) groups is 1. The van der Waals surface area contributed by atoms with Crippen LogP contribution in [0, 0.1) is 5.92 Å². The molecule has 0 radical (unpaired) electrons. The Hall–Kier alpha value is -0.570. The smallest absolute Gasteiger partial charge is 0.304 e. The first-order valence-electron chi connectivity index (χ1n) is 7.16. The second kappa shape index (κ2) is 5.85. The summed E-state index contributed by atoms with van der Waals surface area (Å²) in [5.74, 6) is 0.143. The van der Waals surface area contributed by atoms with Crippen molar-refractivity contribution in [1.82, 2.24) is 4.90 Å². The lowest BCUT2D eigenvalue weighted by Gasteiger charge is -2.36. The third kappa shape index (κ3) is 3.70. The van der Waals surface area contributed by atoms with Gasteiger partial charge in [0.1, 0.15) is 0 Å². The van der Waals surface area contributed by atoms with Crippen LogP contribution in [-0.2, 0) is 4.79 Å². The monoisotopic (exact) mass is 239 g/mol. The number of rotatable bonds is 6. The predicted octanol–water partition coefficient (Wildman–Crippen LogP) is 2.89. The van der Waals surface area contributed by atoms with E-state index in [1.807, 2.05) is 0 Å². The first kappa shape index (κ1) is 12.9. The zero-order valence-electron chi connectivity index (χ0n) is 10.9. The highest BCUT2D eigenvalue weighted by Crippen LogP contribution is 2.35. The molecule has 2 fully saturated rings. The molecule has 0 heterocycles. The van der Waals surface area contributed by atoms with E-state index in [4.69, 9.17) is 5.11 Å². The van der Waals surface area contributed by atoms with E-state index in [9.17, 15) is 4.79 Å². The van der Waals surface area contributed by atoms with Crippen molar-refractivity contribution < 1.29 is 9.90 Å². The molecule has 98 valence electrons. The van der Waals surface area contributed by atoms with Crippen molar-refractivity contribution in [3.63, 3.8) is 0 Å². The van der Waals surface area contributed by atoms with E-state index in [-0.39, 0.29) is 0 Å². The molecule has 0 aromatic carbocycles. The molecule has 0 saturated heterocycles. The Morgan fingerprint density at radius 2 is 1.88 bits per heavy atom. The molecule has 3 nitrogen and oxygen atoms in total. The van der Waals surface area contributed by atoms with E-state index in [1.165, 1.54) is 44.9 Å². The SMILES string of the molecule is CC(C1CCCCC1)N(CCC(=O)O)C1CC1. The number of hydrogen-bond acceptors (Lipinski definition) is 2. The van der Waals surface area contributed by atoms with E-state index in [0.29, 0.717) is 18.5 Å². The highest BCUT2D eigenvalue weighted by molar-refractivity contribution is 5.66. The average molecular weight is 239 g/mol. The van der Waals surface area contributed by atoms with Crippen molar-refractivity contribution in [1.29, 1.82) is 0 Å². The van der Waals surface area contributed by atoms with Crippen LogP contribution in [0.5, 0.6) is 0 Å². The molecule has 2 saturated carbocycles. The number of hydrogen-bond donors (Lipinski definition) is 1. The molecule has 0 aliphatic heterocycles. The van der Waals surface area contributed by atoms with Gasteiger partial charge in [0.2, 0.25) is 0 Å². The zero-order valence-corrected chi connectivity index (χ0v) is 10.9. The first-order chi connectivity index (χ1) is 8.18. The Kier molecular flexibility index (Phi) is 4.43. The molecule has 2 rings (SSSR count). The highest BCUT2D eigenvalue weighted by atomic mass is 16.4. The minimum Gasteiger partial charge on any atom is -0.481 e. The first-order valence-corrected chi connectivity index (χ1v) is 7.16. The van der Waals surface area contributed by atoms with Gasteiger partial charge in [-0.1, -0.05) is 19.3 Å². The summed E-state index contributed by atoms with van der Waals surface area (Å²) in [6.45, 7) is 3.06. The molecule has 1 N–H and O–H groups in total. The molecule has 2 aliphatic rings. The molecule has 0 spiro atoms. The van der Waals surface area contributed by atoms with Crippen LogP contribution < -0.4 is 0 Å². The summed E-state index contributed by atoms with van der Waals surface area (Å²) in [5, 5.41) is 8.83. The Bertz CT molecular complexity index is 257. The van der Waals surface area contributed by atoms with Crippen molar-refractivity contribution in [2.24, 2.45) is 5.92 Å². The van der Waals surface area contributed by atoms with Crippen molar-refractivity contribution in [2.75, 3.05) is 6.54 Å². The van der Waals surface area contributed by atoms with Gasteiger partial charge in [0.05, 0.1) is 6.42 Å². The Morgan fingerprint density at radius 3 is 2.41 bits per heavy atom. The lowest BCUT2D eigenvalue weighted by molar-refractivity contribution is -0.137. The van der Waals surface area contributed by atoms with Crippen LogP contribution in [0.15, 0.2) is 0 Å². The molecule has 0 amide bonds. The molecular weight excluding hydrogens is 214 g/mol. The average Bonchev–Trinajstić information content (AvgIpc) is 3.14. The lowest BCUT2D eigenvalue weighted by atomic mass is 9.84. The second-order valence-electron chi connectivity index (χ2n) is 5.75. The third-order valence-electron chi connectivity index (χ3n) is 4.45. The molecule has 17 heavy (non-hydrogen) atoms. The summed E-state index contributed by atoms with van der Waals surface area (Å²) in [6.07, 6.45) is 9.66. The van der Waals surface area contributed by atoms with Crippen LogP contribution in [0.4, 0.5) is 0 Å². The fourth-order valence-corrected chi connectivity index (χ4v) is 3.24. The van der Waals surface area contributed by atoms with Crippen LogP contribution in [-0.4, -0.2) is 34.6 Å². The zero-order chi connectivity index (χ0) is 12.3. The maximum Gasteiger partial charge on any atom is 0.304 e. The van der Waals surface area contributed by atoms with E-state index in [2.05, 4.69) is 11.8 Å². The summed E-state index contributed by atoms with van der Waals surface area (Å²) in [6, 6.07) is 1.27. The van der Waals surface area contributed by atoms with E-state index >= 15 is 0 Å². The van der Waals surface area contributed by atoms with Gasteiger partial charge in [-0.25, -0.2) is 0 Å². The van der Waals surface area contributed by atoms with Gasteiger partial charge in [-0.15, -0.1) is 0 Å². The highest BCUT2D eigenvalue weighted by Gasteiger charge is 2.35. The third-order valence-corrected chi connectivity index (χ3v) is 4.45. The summed E-state index contributed by atoms with van der Waals surface area (Å²) in [7, 11) is 0. The molecule has 1 atom stereocenters. The maximum absolute atomic E-state index is 10.7. The summed E-state index contributed by atoms with van der Waals surface area (Å²) in [5.41, 5.74) is 0. The Morgan fingerprint density at radius 1 is 1.24 bits per heavy atom. The van der Waals surface area contributed by atoms with E-state index < -0.39 is 5.97 Å². The van der Waals surface area contributed by atoms with Gasteiger partial charge >= 0.3 is 5.97 Å². The molecule has 0 aromatic rings. The van der Waals surface area contributed by atoms with Crippen LogP contribution in [0.25, 0.3) is 0 Å². The molecule has 2 aliphatic carbocycles. The second-order valence-corrected chi connectivity index (χ2v) is 5.75. The van der Waals surface area contributed by atoms with Gasteiger partial charge in [-0.3, -0.25) is 9.69 Å². The number of aliphatic carboxylic acids is 1. The van der Waals surface area contributed by atoms with Crippen LogP contribution in [0.1, 0.15) is 58.3 Å². The summed E-state index contributed by atoms with van der Waals surface area (Å²) < 4.78 is 0. The van der Waals surface area contributed by atoms with Gasteiger partial charge in [-0.2, -0.15) is 0 Å². The quantitative estimate of drug-likeness (QED) is 0.774. The molecule has 1 unspecified atom stereocenters. The van der Waals surface area contributed by atoms with Gasteiger partial charge in [0.25, 0.3) is 0 Å². The minimum atomic E-state index is -0.661. The lowest BCUT2D eigenvalue weighted by Crippen LogP contribution is -2.42. The van der Waals surface area contributed by atoms with E-state index in [0.717, 1.165) is 12.5 Å². The Labute approximate surface area is 104 Å². The van der Waals surface area contributed by atoms with Crippen LogP contribution in [0.2, 0.25) is 0 Å². The standard InChI is InChI=1S/C14H25NO2/c1-11(12-5-3-2-4-6-12)15(13-7-8-13)10-9-14(16)17/h11-13H,2-10H2,1H3,(H,16,17). The molecule has 0 aromatic heterocycles. The molecule has 3 heteroatoms. The summed E-state index contributed by atoms with van der Waals surface area (Å²) in [4.78, 5) is 13.2. The van der Waals surface area contributed by atoms with E-state index in [1.54, 1.807) is 0 Å².